The molecule has 20 heavy (non-hydrogen) atoms. The van der Waals surface area contributed by atoms with Gasteiger partial charge in [-0.25, -0.2) is 0 Å². The Hall–Kier alpha value is -1.58. The highest BCUT2D eigenvalue weighted by atomic mass is 16.5. The van der Waals surface area contributed by atoms with E-state index in [9.17, 15) is 0 Å². The molecule has 2 rings (SSSR count). The van der Waals surface area contributed by atoms with Gasteiger partial charge in [-0.2, -0.15) is 0 Å². The first-order valence-electron chi connectivity index (χ1n) is 7.05. The van der Waals surface area contributed by atoms with Crippen molar-refractivity contribution >= 4 is 0 Å². The van der Waals surface area contributed by atoms with Gasteiger partial charge in [0.25, 0.3) is 0 Å². The summed E-state index contributed by atoms with van der Waals surface area (Å²) in [5, 5.41) is 3.60. The molecule has 3 nitrogen and oxygen atoms in total. The lowest BCUT2D eigenvalue weighted by atomic mass is 9.89. The van der Waals surface area contributed by atoms with Gasteiger partial charge in [0.05, 0.1) is 6.54 Å². The normalized spacial score (nSPS) is 14.2. The van der Waals surface area contributed by atoms with Crippen molar-refractivity contribution in [2.24, 2.45) is 0 Å². The summed E-state index contributed by atoms with van der Waals surface area (Å²) in [6.45, 7) is 5.65. The lowest BCUT2D eigenvalue weighted by Gasteiger charge is -2.30. The summed E-state index contributed by atoms with van der Waals surface area (Å²) >= 11 is 0. The minimum atomic E-state index is -0.0462. The first kappa shape index (κ1) is 14.8. The van der Waals surface area contributed by atoms with Crippen LogP contribution in [0, 0.1) is 0 Å². The fourth-order valence-corrected chi connectivity index (χ4v) is 2.26. The van der Waals surface area contributed by atoms with Crippen molar-refractivity contribution in [1.29, 1.82) is 0 Å². The van der Waals surface area contributed by atoms with Crippen LogP contribution in [0.25, 0.3) is 0 Å². The Morgan fingerprint density at radius 1 is 1.10 bits per heavy atom. The maximum atomic E-state index is 5.71. The average Bonchev–Trinajstić information content (AvgIpc) is 2.94. The molecule has 0 aliphatic rings. The van der Waals surface area contributed by atoms with E-state index in [1.807, 2.05) is 18.2 Å². The molecule has 1 aromatic heterocycles. The predicted octanol–water partition coefficient (Wildman–Crippen LogP) is 3.84. The smallest absolute Gasteiger partial charge is 0.129 e. The molecule has 0 bridgehead atoms. The fraction of sp³-hybridized carbons (Fsp3) is 0.412. The Morgan fingerprint density at radius 3 is 2.45 bits per heavy atom. The molecule has 2 aromatic rings. The van der Waals surface area contributed by atoms with Gasteiger partial charge in [0, 0.05) is 12.6 Å². The zero-order chi connectivity index (χ0) is 14.4. The van der Waals surface area contributed by atoms with Crippen LogP contribution in [0.3, 0.4) is 0 Å². The summed E-state index contributed by atoms with van der Waals surface area (Å²) in [5.74, 6) is 1.80. The lowest BCUT2D eigenvalue weighted by Crippen LogP contribution is -2.38. The largest absolute Gasteiger partial charge is 0.462 e. The van der Waals surface area contributed by atoms with E-state index in [1.165, 1.54) is 5.56 Å². The van der Waals surface area contributed by atoms with Gasteiger partial charge < -0.3 is 14.5 Å². The standard InChI is InChI=1S/C17H23NO2/c1-4-17(2,14-8-6-5-7-9-14)18-12-15-10-11-16(20-15)13-19-3/h5-11,18H,4,12-13H2,1-3H3. The Kier molecular flexibility index (Phi) is 4.99. The quantitative estimate of drug-likeness (QED) is 0.832. The van der Waals surface area contributed by atoms with E-state index < -0.39 is 0 Å². The second-order valence-corrected chi connectivity index (χ2v) is 5.21. The topological polar surface area (TPSA) is 34.4 Å². The Bertz CT molecular complexity index is 521. The van der Waals surface area contributed by atoms with Gasteiger partial charge in [-0.15, -0.1) is 0 Å². The maximum absolute atomic E-state index is 5.71. The van der Waals surface area contributed by atoms with Crippen LogP contribution in [0.5, 0.6) is 0 Å². The summed E-state index contributed by atoms with van der Waals surface area (Å²) in [4.78, 5) is 0. The summed E-state index contributed by atoms with van der Waals surface area (Å²) < 4.78 is 10.8. The molecule has 0 amide bonds. The van der Waals surface area contributed by atoms with Crippen LogP contribution in [-0.4, -0.2) is 7.11 Å². The summed E-state index contributed by atoms with van der Waals surface area (Å²) in [7, 11) is 1.67. The molecule has 1 atom stereocenters. The van der Waals surface area contributed by atoms with Crippen molar-refractivity contribution in [3.8, 4) is 0 Å². The SMILES string of the molecule is CCC(C)(NCc1ccc(COC)o1)c1ccccc1. The minimum Gasteiger partial charge on any atom is -0.462 e. The maximum Gasteiger partial charge on any atom is 0.129 e. The number of methoxy groups -OCH3 is 1. The van der Waals surface area contributed by atoms with Crippen molar-refractivity contribution < 1.29 is 9.15 Å². The molecule has 1 N–H and O–H groups in total. The molecular formula is C17H23NO2. The lowest BCUT2D eigenvalue weighted by molar-refractivity contribution is 0.162. The van der Waals surface area contributed by atoms with E-state index in [2.05, 4.69) is 43.4 Å². The van der Waals surface area contributed by atoms with Crippen LogP contribution in [0.2, 0.25) is 0 Å². The Balaban J connectivity index is 2.03. The second-order valence-electron chi connectivity index (χ2n) is 5.21. The highest BCUT2D eigenvalue weighted by Gasteiger charge is 2.23. The van der Waals surface area contributed by atoms with Crippen LogP contribution < -0.4 is 5.32 Å². The average molecular weight is 273 g/mol. The minimum absolute atomic E-state index is 0.0462. The third-order valence-electron chi connectivity index (χ3n) is 3.77. The fourth-order valence-electron chi connectivity index (χ4n) is 2.26. The number of hydrogen-bond donors (Lipinski definition) is 1. The first-order valence-corrected chi connectivity index (χ1v) is 7.05. The van der Waals surface area contributed by atoms with Crippen LogP contribution >= 0.6 is 0 Å². The second kappa shape index (κ2) is 6.73. The number of benzene rings is 1. The van der Waals surface area contributed by atoms with Crippen molar-refractivity contribution in [3.05, 3.63) is 59.5 Å². The van der Waals surface area contributed by atoms with Gasteiger partial charge >= 0.3 is 0 Å². The number of ether oxygens (including phenoxy) is 1. The number of hydrogen-bond acceptors (Lipinski definition) is 3. The van der Waals surface area contributed by atoms with Crippen LogP contribution in [0.1, 0.15) is 37.4 Å². The number of rotatable bonds is 7. The zero-order valence-electron chi connectivity index (χ0n) is 12.5. The van der Waals surface area contributed by atoms with Crippen molar-refractivity contribution in [2.75, 3.05) is 7.11 Å². The molecule has 0 fully saturated rings. The van der Waals surface area contributed by atoms with Gasteiger partial charge in [0.1, 0.15) is 18.1 Å². The third kappa shape index (κ3) is 3.50. The van der Waals surface area contributed by atoms with E-state index in [1.54, 1.807) is 7.11 Å². The van der Waals surface area contributed by atoms with E-state index in [-0.39, 0.29) is 5.54 Å². The first-order chi connectivity index (χ1) is 9.68. The van der Waals surface area contributed by atoms with E-state index in [0.29, 0.717) is 13.2 Å². The summed E-state index contributed by atoms with van der Waals surface area (Å²) in [6, 6.07) is 14.5. The molecule has 108 valence electrons. The molecule has 0 saturated carbocycles. The van der Waals surface area contributed by atoms with Crippen LogP contribution in [-0.2, 0) is 23.4 Å². The summed E-state index contributed by atoms with van der Waals surface area (Å²) in [6.07, 6.45) is 1.02. The van der Waals surface area contributed by atoms with Crippen molar-refractivity contribution in [2.45, 2.75) is 39.0 Å². The Morgan fingerprint density at radius 2 is 1.80 bits per heavy atom. The third-order valence-corrected chi connectivity index (χ3v) is 3.77. The predicted molar refractivity (Wildman–Crippen MR) is 80.3 cm³/mol. The highest BCUT2D eigenvalue weighted by molar-refractivity contribution is 5.23. The Labute approximate surface area is 121 Å². The van der Waals surface area contributed by atoms with Crippen molar-refractivity contribution in [3.63, 3.8) is 0 Å². The van der Waals surface area contributed by atoms with Gasteiger partial charge in [-0.05, 0) is 31.0 Å². The monoisotopic (exact) mass is 273 g/mol. The van der Waals surface area contributed by atoms with E-state index >= 15 is 0 Å². The molecule has 1 unspecified atom stereocenters. The van der Waals surface area contributed by atoms with Crippen LogP contribution in [0.4, 0.5) is 0 Å². The molecular weight excluding hydrogens is 250 g/mol. The number of furan rings is 1. The van der Waals surface area contributed by atoms with Gasteiger partial charge in [0.2, 0.25) is 0 Å². The molecule has 1 aromatic carbocycles. The van der Waals surface area contributed by atoms with Crippen molar-refractivity contribution in [1.82, 2.24) is 5.32 Å². The van der Waals surface area contributed by atoms with Gasteiger partial charge in [-0.3, -0.25) is 0 Å². The van der Waals surface area contributed by atoms with Gasteiger partial charge in [-0.1, -0.05) is 37.3 Å². The molecule has 0 saturated heterocycles. The van der Waals surface area contributed by atoms with Gasteiger partial charge in [0.15, 0.2) is 0 Å². The molecule has 3 heteroatoms. The summed E-state index contributed by atoms with van der Waals surface area (Å²) in [5.41, 5.74) is 1.25. The molecule has 0 spiro atoms. The molecule has 0 aliphatic heterocycles. The highest BCUT2D eigenvalue weighted by Crippen LogP contribution is 2.24. The van der Waals surface area contributed by atoms with E-state index in [0.717, 1.165) is 17.9 Å². The van der Waals surface area contributed by atoms with E-state index in [4.69, 9.17) is 9.15 Å². The van der Waals surface area contributed by atoms with Crippen LogP contribution in [0.15, 0.2) is 46.9 Å². The molecule has 0 radical (unpaired) electrons. The number of nitrogens with one attached hydrogen (secondary N) is 1. The molecule has 1 heterocycles. The zero-order valence-corrected chi connectivity index (χ0v) is 12.5. The molecule has 0 aliphatic carbocycles.